The molecule has 1 saturated heterocycles. The first kappa shape index (κ1) is 17.5. The maximum Gasteiger partial charge on any atom is 0.223 e. The average molecular weight is 315 g/mol. The minimum atomic E-state index is -2.88. The molecule has 2 rings (SSSR count). The van der Waals surface area contributed by atoms with E-state index in [0.29, 0.717) is 24.2 Å². The van der Waals surface area contributed by atoms with Crippen LogP contribution >= 0.6 is 7.58 Å². The Morgan fingerprint density at radius 2 is 1.24 bits per heavy atom. The molecule has 0 amide bonds. The molecule has 1 aliphatic heterocycles. The van der Waals surface area contributed by atoms with E-state index in [1.165, 1.54) is 25.7 Å². The molecule has 0 unspecified atom stereocenters. The van der Waals surface area contributed by atoms with Gasteiger partial charge in [0.1, 0.15) is 0 Å². The smallest absolute Gasteiger partial charge is 0.223 e. The third kappa shape index (κ3) is 2.97. The van der Waals surface area contributed by atoms with Crippen LogP contribution in [0.2, 0.25) is 0 Å². The molecule has 0 aromatic rings. The maximum atomic E-state index is 11.2. The number of fused-ring (bicyclic) bond motifs is 1. The molecule has 1 heterocycles. The van der Waals surface area contributed by atoms with Crippen molar-refractivity contribution in [1.82, 2.24) is 9.34 Å². The molecule has 2 aliphatic rings. The Kier molecular flexibility index (Phi) is 5.92. The second-order valence-electron chi connectivity index (χ2n) is 6.69. The lowest BCUT2D eigenvalue weighted by Crippen LogP contribution is -2.44. The highest BCUT2D eigenvalue weighted by atomic mass is 31.2. The summed E-state index contributed by atoms with van der Waals surface area (Å²) in [5.41, 5.74) is 0. The zero-order valence-corrected chi connectivity index (χ0v) is 15.1. The lowest BCUT2D eigenvalue weighted by molar-refractivity contribution is 0.152. The Bertz CT molecular complexity index is 350. The lowest BCUT2D eigenvalue weighted by Gasteiger charge is -2.38. The molecule has 0 aromatic carbocycles. The number of hydrogen-bond donors (Lipinski definition) is 2. The van der Waals surface area contributed by atoms with Gasteiger partial charge in [-0.15, -0.1) is 0 Å². The van der Waals surface area contributed by atoms with Gasteiger partial charge in [-0.3, -0.25) is 5.16 Å². The Hall–Kier alpha value is 0.110. The van der Waals surface area contributed by atoms with Crippen molar-refractivity contribution in [3.63, 3.8) is 0 Å². The normalized spacial score (nSPS) is 30.2. The van der Waals surface area contributed by atoms with Crippen molar-refractivity contribution in [1.29, 1.82) is 5.16 Å². The first-order valence-electron chi connectivity index (χ1n) is 8.97. The van der Waals surface area contributed by atoms with Crippen LogP contribution in [0.25, 0.3) is 0 Å². The van der Waals surface area contributed by atoms with E-state index in [9.17, 15) is 4.89 Å². The van der Waals surface area contributed by atoms with Crippen LogP contribution in [-0.2, 0) is 0 Å². The van der Waals surface area contributed by atoms with Crippen LogP contribution in [0.1, 0.15) is 79.1 Å². The van der Waals surface area contributed by atoms with Crippen molar-refractivity contribution in [3.05, 3.63) is 0 Å². The summed E-state index contributed by atoms with van der Waals surface area (Å²) in [5.74, 6) is 0. The quantitative estimate of drug-likeness (QED) is 0.692. The van der Waals surface area contributed by atoms with Crippen LogP contribution in [0.4, 0.5) is 0 Å². The SMILES string of the molecule is CCC(CC)N1[C@@H]2CCCC[C@H]2N(C(CC)CC)P1(=N)O. The molecular weight excluding hydrogens is 281 g/mol. The van der Waals surface area contributed by atoms with Gasteiger partial charge in [0.05, 0.1) is 0 Å². The van der Waals surface area contributed by atoms with Crippen molar-refractivity contribution in [2.24, 2.45) is 0 Å². The molecule has 0 bridgehead atoms. The summed E-state index contributed by atoms with van der Waals surface area (Å²) in [4.78, 5) is 11.2. The topological polar surface area (TPSA) is 50.6 Å². The van der Waals surface area contributed by atoms with Crippen molar-refractivity contribution in [3.8, 4) is 0 Å². The Balaban J connectivity index is 2.40. The molecule has 124 valence electrons. The summed E-state index contributed by atoms with van der Waals surface area (Å²) >= 11 is 0. The highest BCUT2D eigenvalue weighted by Gasteiger charge is 2.54. The summed E-state index contributed by atoms with van der Waals surface area (Å²) in [6.45, 7) is 8.80. The molecule has 21 heavy (non-hydrogen) atoms. The fourth-order valence-electron chi connectivity index (χ4n) is 4.56. The zero-order chi connectivity index (χ0) is 15.6. The summed E-state index contributed by atoms with van der Waals surface area (Å²) < 4.78 is 4.52. The van der Waals surface area contributed by atoms with E-state index in [-0.39, 0.29) is 0 Å². The summed E-state index contributed by atoms with van der Waals surface area (Å²) in [6, 6.07) is 1.57. The largest absolute Gasteiger partial charge is 0.337 e. The highest BCUT2D eigenvalue weighted by molar-refractivity contribution is 7.54. The molecule has 4 nitrogen and oxygen atoms in total. The molecule has 2 N–H and O–H groups in total. The second-order valence-corrected chi connectivity index (χ2v) is 8.75. The molecule has 2 atom stereocenters. The number of rotatable bonds is 6. The standard InChI is InChI=1S/C16H34N3OP/c1-5-13(6-2)18-15-11-9-10-12-16(15)19(21(18,17)20)14(7-3)8-4/h13-16H,5-12H2,1-4H3,(H2,17,20)/t15-,16-/m1/s1. The van der Waals surface area contributed by atoms with E-state index in [0.717, 1.165) is 25.7 Å². The van der Waals surface area contributed by atoms with Gasteiger partial charge in [0, 0.05) is 24.2 Å². The third-order valence-electron chi connectivity index (χ3n) is 5.65. The fourth-order valence-corrected chi connectivity index (χ4v) is 7.73. The van der Waals surface area contributed by atoms with Gasteiger partial charge in [0.15, 0.2) is 0 Å². The molecule has 5 heteroatoms. The van der Waals surface area contributed by atoms with Gasteiger partial charge in [-0.05, 0) is 38.5 Å². The first-order valence-corrected chi connectivity index (χ1v) is 10.6. The van der Waals surface area contributed by atoms with Crippen LogP contribution in [-0.4, -0.2) is 38.4 Å². The van der Waals surface area contributed by atoms with Crippen molar-refractivity contribution < 1.29 is 4.89 Å². The summed E-state index contributed by atoms with van der Waals surface area (Å²) in [7, 11) is -2.88. The van der Waals surface area contributed by atoms with E-state index >= 15 is 0 Å². The number of hydrogen-bond acceptors (Lipinski definition) is 1. The predicted molar refractivity (Wildman–Crippen MR) is 90.3 cm³/mol. The van der Waals surface area contributed by atoms with Gasteiger partial charge in [0.25, 0.3) is 0 Å². The van der Waals surface area contributed by atoms with E-state index in [1.54, 1.807) is 0 Å². The Morgan fingerprint density at radius 3 is 1.52 bits per heavy atom. The molecule has 0 aromatic heterocycles. The van der Waals surface area contributed by atoms with Gasteiger partial charge >= 0.3 is 0 Å². The maximum absolute atomic E-state index is 11.2. The molecule has 0 radical (unpaired) electrons. The van der Waals surface area contributed by atoms with E-state index in [4.69, 9.17) is 5.16 Å². The molecule has 1 saturated carbocycles. The van der Waals surface area contributed by atoms with Crippen LogP contribution < -0.4 is 0 Å². The van der Waals surface area contributed by atoms with Gasteiger partial charge in [-0.25, -0.2) is 9.34 Å². The third-order valence-corrected chi connectivity index (χ3v) is 8.19. The highest BCUT2D eigenvalue weighted by Crippen LogP contribution is 2.64. The van der Waals surface area contributed by atoms with Crippen LogP contribution in [0.3, 0.4) is 0 Å². The van der Waals surface area contributed by atoms with Crippen molar-refractivity contribution in [2.45, 2.75) is 103 Å². The Labute approximate surface area is 130 Å². The minimum absolute atomic E-state index is 0.366. The predicted octanol–water partition coefficient (Wildman–Crippen LogP) is 4.81. The molecular formula is C16H34N3OP. The van der Waals surface area contributed by atoms with E-state index in [2.05, 4.69) is 37.0 Å². The van der Waals surface area contributed by atoms with Gasteiger partial charge in [0.2, 0.25) is 7.58 Å². The Morgan fingerprint density at radius 1 is 0.905 bits per heavy atom. The fraction of sp³-hybridized carbons (Fsp3) is 1.00. The molecule has 2 fully saturated rings. The monoisotopic (exact) mass is 315 g/mol. The lowest BCUT2D eigenvalue weighted by atomic mass is 9.88. The van der Waals surface area contributed by atoms with Crippen LogP contribution in [0.5, 0.6) is 0 Å². The first-order chi connectivity index (χ1) is 10.0. The molecule has 0 spiro atoms. The summed E-state index contributed by atoms with van der Waals surface area (Å²) in [5, 5.41) is 8.89. The van der Waals surface area contributed by atoms with Crippen LogP contribution in [0, 0.1) is 5.16 Å². The second kappa shape index (κ2) is 7.12. The van der Waals surface area contributed by atoms with Crippen LogP contribution in [0.15, 0.2) is 0 Å². The molecule has 1 aliphatic carbocycles. The van der Waals surface area contributed by atoms with Gasteiger partial charge < -0.3 is 4.89 Å². The summed E-state index contributed by atoms with van der Waals surface area (Å²) in [6.07, 6.45) is 9.01. The zero-order valence-electron chi connectivity index (χ0n) is 14.3. The number of nitrogens with zero attached hydrogens (tertiary/aromatic N) is 2. The van der Waals surface area contributed by atoms with Gasteiger partial charge in [-0.1, -0.05) is 40.5 Å². The average Bonchev–Trinajstić information content (AvgIpc) is 2.71. The number of nitrogens with one attached hydrogen (secondary N) is 1. The van der Waals surface area contributed by atoms with E-state index in [1.807, 2.05) is 0 Å². The van der Waals surface area contributed by atoms with Gasteiger partial charge in [-0.2, -0.15) is 0 Å². The minimum Gasteiger partial charge on any atom is -0.337 e. The van der Waals surface area contributed by atoms with Crippen molar-refractivity contribution >= 4 is 7.58 Å². The van der Waals surface area contributed by atoms with Crippen molar-refractivity contribution in [2.75, 3.05) is 0 Å². The van der Waals surface area contributed by atoms with E-state index < -0.39 is 7.58 Å².